The predicted molar refractivity (Wildman–Crippen MR) is 75.8 cm³/mol. The zero-order chi connectivity index (χ0) is 14.5. The molecule has 1 saturated heterocycles. The number of ketones is 1. The average molecular weight is 293 g/mol. The first kappa shape index (κ1) is 13.8. The van der Waals surface area contributed by atoms with Crippen molar-refractivity contribution < 1.29 is 13.2 Å². The Bertz CT molecular complexity index is 650. The number of Topliss-reactive ketones (excluding diaryl/α,β-unsaturated/α-hetero) is 1. The first-order valence-corrected chi connectivity index (χ1v) is 8.34. The molecule has 1 aromatic rings. The zero-order valence-electron chi connectivity index (χ0n) is 11.8. The van der Waals surface area contributed by atoms with E-state index in [4.69, 9.17) is 0 Å². The van der Waals surface area contributed by atoms with Crippen molar-refractivity contribution in [3.63, 3.8) is 0 Å². The molecule has 4 nitrogen and oxygen atoms in total. The summed E-state index contributed by atoms with van der Waals surface area (Å²) >= 11 is 0. The monoisotopic (exact) mass is 293 g/mol. The highest BCUT2D eigenvalue weighted by atomic mass is 32.2. The summed E-state index contributed by atoms with van der Waals surface area (Å²) in [6, 6.07) is 6.76. The van der Waals surface area contributed by atoms with Gasteiger partial charge in [0.25, 0.3) is 0 Å². The summed E-state index contributed by atoms with van der Waals surface area (Å²) in [7, 11) is -3.49. The third-order valence-corrected chi connectivity index (χ3v) is 6.30. The van der Waals surface area contributed by atoms with E-state index in [1.165, 1.54) is 0 Å². The second-order valence-electron chi connectivity index (χ2n) is 6.45. The lowest BCUT2D eigenvalue weighted by Crippen LogP contribution is -2.36. The number of carbonyl (C=O) groups excluding carboxylic acids is 1. The highest BCUT2D eigenvalue weighted by Crippen LogP contribution is 2.45. The molecule has 0 spiro atoms. The predicted octanol–water partition coefficient (Wildman–Crippen LogP) is 2.13. The molecule has 1 heterocycles. The summed E-state index contributed by atoms with van der Waals surface area (Å²) in [4.78, 5) is 12.1. The molecule has 2 atom stereocenters. The van der Waals surface area contributed by atoms with Gasteiger partial charge in [-0.15, -0.1) is 0 Å². The molecule has 2 bridgehead atoms. The number of nitrogens with zero attached hydrogens (tertiary/aromatic N) is 1. The van der Waals surface area contributed by atoms with E-state index in [1.807, 2.05) is 26.0 Å². The Kier molecular flexibility index (Phi) is 3.03. The molecule has 0 N–H and O–H groups in total. The molecular formula is C15H19NO3S. The third-order valence-electron chi connectivity index (χ3n) is 4.39. The molecule has 2 fully saturated rings. The van der Waals surface area contributed by atoms with Gasteiger partial charge in [0.2, 0.25) is 10.0 Å². The van der Waals surface area contributed by atoms with Crippen LogP contribution in [0.5, 0.6) is 0 Å². The first-order chi connectivity index (χ1) is 9.30. The summed E-state index contributed by atoms with van der Waals surface area (Å²) < 4.78 is 27.0. The largest absolute Gasteiger partial charge is 0.300 e. The Labute approximate surface area is 119 Å². The number of rotatable bonds is 2. The van der Waals surface area contributed by atoms with Gasteiger partial charge in [0.05, 0.1) is 4.90 Å². The van der Waals surface area contributed by atoms with Crippen LogP contribution in [0.3, 0.4) is 0 Å². The van der Waals surface area contributed by atoms with E-state index in [2.05, 4.69) is 0 Å². The summed E-state index contributed by atoms with van der Waals surface area (Å²) in [5, 5.41) is 0. The molecule has 1 aliphatic heterocycles. The molecule has 2 aliphatic rings. The van der Waals surface area contributed by atoms with Crippen molar-refractivity contribution in [1.82, 2.24) is 4.31 Å². The van der Waals surface area contributed by atoms with Gasteiger partial charge in [0, 0.05) is 25.4 Å². The number of hydrogen-bond acceptors (Lipinski definition) is 3. The van der Waals surface area contributed by atoms with Gasteiger partial charge in [0.15, 0.2) is 0 Å². The van der Waals surface area contributed by atoms with E-state index in [1.54, 1.807) is 16.4 Å². The van der Waals surface area contributed by atoms with E-state index in [0.717, 1.165) is 12.0 Å². The van der Waals surface area contributed by atoms with Crippen molar-refractivity contribution >= 4 is 15.8 Å². The van der Waals surface area contributed by atoms with Crippen LogP contribution in [-0.2, 0) is 14.8 Å². The van der Waals surface area contributed by atoms with E-state index < -0.39 is 10.0 Å². The molecular weight excluding hydrogens is 274 g/mol. The molecule has 108 valence electrons. The summed E-state index contributed by atoms with van der Waals surface area (Å²) in [6.07, 6.45) is 1.66. The van der Waals surface area contributed by atoms with Gasteiger partial charge in [-0.25, -0.2) is 8.42 Å². The van der Waals surface area contributed by atoms with E-state index in [9.17, 15) is 13.2 Å². The molecule has 5 heteroatoms. The van der Waals surface area contributed by atoms with Crippen molar-refractivity contribution in [2.75, 3.05) is 6.54 Å². The minimum absolute atomic E-state index is 0.160. The molecule has 1 aliphatic carbocycles. The third kappa shape index (κ3) is 2.19. The SMILES string of the molecule is Cc1ccc(S(=O)(=O)N2CC3(C)CC(=O)CC2C3)cc1. The van der Waals surface area contributed by atoms with Gasteiger partial charge in [-0.1, -0.05) is 24.6 Å². The zero-order valence-corrected chi connectivity index (χ0v) is 12.6. The molecule has 0 aromatic heterocycles. The van der Waals surface area contributed by atoms with Crippen molar-refractivity contribution in [3.05, 3.63) is 29.8 Å². The van der Waals surface area contributed by atoms with Gasteiger partial charge in [0.1, 0.15) is 5.78 Å². The van der Waals surface area contributed by atoms with Crippen molar-refractivity contribution in [1.29, 1.82) is 0 Å². The van der Waals surface area contributed by atoms with Gasteiger partial charge < -0.3 is 0 Å². The van der Waals surface area contributed by atoms with Crippen LogP contribution in [0.4, 0.5) is 0 Å². The lowest BCUT2D eigenvalue weighted by molar-refractivity contribution is -0.122. The maximum atomic E-state index is 12.8. The summed E-state index contributed by atoms with van der Waals surface area (Å²) in [5.41, 5.74) is 0.851. The van der Waals surface area contributed by atoms with Crippen LogP contribution in [0.1, 0.15) is 31.7 Å². The molecule has 20 heavy (non-hydrogen) atoms. The molecule has 2 unspecified atom stereocenters. The van der Waals surface area contributed by atoms with Crippen LogP contribution < -0.4 is 0 Å². The highest BCUT2D eigenvalue weighted by molar-refractivity contribution is 7.89. The van der Waals surface area contributed by atoms with Gasteiger partial charge in [-0.2, -0.15) is 4.31 Å². The normalized spacial score (nSPS) is 30.7. The number of fused-ring (bicyclic) bond motifs is 2. The molecule has 3 rings (SSSR count). The van der Waals surface area contributed by atoms with E-state index in [-0.39, 0.29) is 17.2 Å². The highest BCUT2D eigenvalue weighted by Gasteiger charge is 2.50. The second-order valence-corrected chi connectivity index (χ2v) is 8.34. The number of sulfonamides is 1. The number of benzene rings is 1. The van der Waals surface area contributed by atoms with Crippen molar-refractivity contribution in [2.24, 2.45) is 5.41 Å². The van der Waals surface area contributed by atoms with E-state index in [0.29, 0.717) is 24.3 Å². The van der Waals surface area contributed by atoms with Crippen LogP contribution in [0, 0.1) is 12.3 Å². The standard InChI is InChI=1S/C15H19NO3S/c1-11-3-5-14(6-4-11)20(18,19)16-10-15(2)8-12(16)7-13(17)9-15/h3-6,12H,7-10H2,1-2H3. The number of carbonyl (C=O) groups is 1. The second kappa shape index (κ2) is 4.40. The number of aryl methyl sites for hydroxylation is 1. The Hall–Kier alpha value is -1.20. The van der Waals surface area contributed by atoms with Crippen LogP contribution >= 0.6 is 0 Å². The molecule has 1 aromatic carbocycles. The summed E-state index contributed by atoms with van der Waals surface area (Å²) in [5.74, 6) is 0.186. The molecule has 1 saturated carbocycles. The minimum atomic E-state index is -3.49. The average Bonchev–Trinajstić information content (AvgIpc) is 2.60. The summed E-state index contributed by atoms with van der Waals surface area (Å²) in [6.45, 7) is 4.40. The fourth-order valence-electron chi connectivity index (χ4n) is 3.48. The Morgan fingerprint density at radius 2 is 1.90 bits per heavy atom. The fourth-order valence-corrected chi connectivity index (χ4v) is 5.25. The quantitative estimate of drug-likeness (QED) is 0.839. The topological polar surface area (TPSA) is 54.5 Å². The smallest absolute Gasteiger partial charge is 0.243 e. The van der Waals surface area contributed by atoms with Crippen LogP contribution in [0.2, 0.25) is 0 Å². The maximum absolute atomic E-state index is 12.8. The van der Waals surface area contributed by atoms with Gasteiger partial charge in [-0.3, -0.25) is 4.79 Å². The molecule has 0 amide bonds. The molecule has 0 radical (unpaired) electrons. The fraction of sp³-hybridized carbons (Fsp3) is 0.533. The van der Waals surface area contributed by atoms with Crippen LogP contribution in [-0.4, -0.2) is 31.1 Å². The van der Waals surface area contributed by atoms with Crippen molar-refractivity contribution in [3.8, 4) is 0 Å². The Morgan fingerprint density at radius 1 is 1.25 bits per heavy atom. The van der Waals surface area contributed by atoms with Crippen LogP contribution in [0.15, 0.2) is 29.2 Å². The number of hydrogen-bond donors (Lipinski definition) is 0. The van der Waals surface area contributed by atoms with Crippen LogP contribution in [0.25, 0.3) is 0 Å². The lowest BCUT2D eigenvalue weighted by Gasteiger charge is -2.26. The lowest BCUT2D eigenvalue weighted by atomic mass is 9.77. The Balaban J connectivity index is 1.97. The maximum Gasteiger partial charge on any atom is 0.243 e. The van der Waals surface area contributed by atoms with E-state index >= 15 is 0 Å². The first-order valence-electron chi connectivity index (χ1n) is 6.90. The minimum Gasteiger partial charge on any atom is -0.300 e. The van der Waals surface area contributed by atoms with Gasteiger partial charge >= 0.3 is 0 Å². The Morgan fingerprint density at radius 3 is 2.55 bits per heavy atom. The van der Waals surface area contributed by atoms with Gasteiger partial charge in [-0.05, 0) is 30.9 Å². The van der Waals surface area contributed by atoms with Crippen molar-refractivity contribution in [2.45, 2.75) is 44.0 Å².